The van der Waals surface area contributed by atoms with Gasteiger partial charge >= 0.3 is 0 Å². The number of nitrogens with zero attached hydrogens (tertiary/aromatic N) is 1. The minimum Gasteiger partial charge on any atom is -0.355 e. The maximum atomic E-state index is 11.9. The van der Waals surface area contributed by atoms with Crippen LogP contribution in [0.25, 0.3) is 0 Å². The zero-order valence-electron chi connectivity index (χ0n) is 12.3. The first-order valence-electron chi connectivity index (χ1n) is 7.30. The topological polar surface area (TPSA) is 46.1 Å². The third kappa shape index (κ3) is 3.18. The molecule has 1 aromatic heterocycles. The monoisotopic (exact) mass is 263 g/mol. The van der Waals surface area contributed by atoms with Gasteiger partial charge in [0.15, 0.2) is 0 Å². The van der Waals surface area contributed by atoms with Gasteiger partial charge in [-0.25, -0.2) is 0 Å². The van der Waals surface area contributed by atoms with Crippen LogP contribution >= 0.6 is 0 Å². The minimum absolute atomic E-state index is 0.0350. The number of carbonyl (C=O) groups excluding carboxylic acids is 1. The van der Waals surface area contributed by atoms with Crippen molar-refractivity contribution in [2.75, 3.05) is 6.54 Å². The van der Waals surface area contributed by atoms with Gasteiger partial charge in [0.1, 0.15) is 0 Å². The summed E-state index contributed by atoms with van der Waals surface area (Å²) in [5, 5.41) is 6.37. The van der Waals surface area contributed by atoms with E-state index in [-0.39, 0.29) is 11.9 Å². The Bertz CT molecular complexity index is 450. The first-order valence-corrected chi connectivity index (χ1v) is 7.30. The summed E-state index contributed by atoms with van der Waals surface area (Å²) < 4.78 is 2.31. The maximum Gasteiger partial charge on any atom is 0.237 e. The van der Waals surface area contributed by atoms with Crippen LogP contribution in [0.4, 0.5) is 0 Å². The van der Waals surface area contributed by atoms with Gasteiger partial charge in [-0.2, -0.15) is 0 Å². The van der Waals surface area contributed by atoms with Gasteiger partial charge in [0.05, 0.1) is 6.04 Å². The summed E-state index contributed by atoms with van der Waals surface area (Å²) in [7, 11) is 0. The van der Waals surface area contributed by atoms with Crippen molar-refractivity contribution in [2.24, 2.45) is 0 Å². The molecule has 2 heterocycles. The largest absolute Gasteiger partial charge is 0.355 e. The van der Waals surface area contributed by atoms with Gasteiger partial charge in [0.2, 0.25) is 5.91 Å². The Kier molecular flexibility index (Phi) is 4.64. The second-order valence-electron chi connectivity index (χ2n) is 5.36. The van der Waals surface area contributed by atoms with Gasteiger partial charge < -0.3 is 15.2 Å². The molecule has 1 atom stereocenters. The van der Waals surface area contributed by atoms with E-state index >= 15 is 0 Å². The standard InChI is InChI=1S/C15H25N3O/c1-4-18-11(2)9-13(12(18)3)10-17-14-7-5-6-8-16-15(14)19/h9,14,17H,4-8,10H2,1-3H3,(H,16,19). The SMILES string of the molecule is CCn1c(C)cc(CNC2CCCCNC2=O)c1C. The third-order valence-corrected chi connectivity index (χ3v) is 4.07. The van der Waals surface area contributed by atoms with E-state index in [1.807, 2.05) is 0 Å². The van der Waals surface area contributed by atoms with Crippen LogP contribution in [0.15, 0.2) is 6.07 Å². The average molecular weight is 263 g/mol. The molecule has 0 aromatic carbocycles. The van der Waals surface area contributed by atoms with E-state index in [9.17, 15) is 4.79 Å². The molecule has 0 spiro atoms. The minimum atomic E-state index is -0.0350. The van der Waals surface area contributed by atoms with Gasteiger partial charge in [0, 0.05) is 31.0 Å². The Morgan fingerprint density at radius 3 is 2.89 bits per heavy atom. The Morgan fingerprint density at radius 2 is 2.21 bits per heavy atom. The predicted octanol–water partition coefficient (Wildman–Crippen LogP) is 1.88. The summed E-state index contributed by atoms with van der Waals surface area (Å²) in [6.45, 7) is 9.05. The van der Waals surface area contributed by atoms with E-state index in [0.717, 1.165) is 38.9 Å². The Hall–Kier alpha value is -1.29. The first-order chi connectivity index (χ1) is 9.13. The van der Waals surface area contributed by atoms with Gasteiger partial charge in [-0.15, -0.1) is 0 Å². The molecule has 1 amide bonds. The lowest BCUT2D eigenvalue weighted by Gasteiger charge is -2.15. The first kappa shape index (κ1) is 14.1. The fourth-order valence-corrected chi connectivity index (χ4v) is 2.91. The Labute approximate surface area is 115 Å². The molecule has 4 heteroatoms. The third-order valence-electron chi connectivity index (χ3n) is 4.07. The Balaban J connectivity index is 2.00. The second kappa shape index (κ2) is 6.24. The molecule has 1 aliphatic heterocycles. The van der Waals surface area contributed by atoms with Gasteiger partial charge in [-0.1, -0.05) is 0 Å². The van der Waals surface area contributed by atoms with E-state index in [1.165, 1.54) is 17.0 Å². The number of aromatic nitrogens is 1. The molecular weight excluding hydrogens is 238 g/mol. The maximum absolute atomic E-state index is 11.9. The molecule has 19 heavy (non-hydrogen) atoms. The van der Waals surface area contributed by atoms with Crippen LogP contribution in [0.2, 0.25) is 0 Å². The smallest absolute Gasteiger partial charge is 0.237 e. The number of carbonyl (C=O) groups is 1. The normalized spacial score (nSPS) is 20.2. The van der Waals surface area contributed by atoms with Crippen LogP contribution in [-0.2, 0) is 17.9 Å². The van der Waals surface area contributed by atoms with Gasteiger partial charge in [-0.05, 0) is 51.7 Å². The highest BCUT2D eigenvalue weighted by atomic mass is 16.2. The molecule has 4 nitrogen and oxygen atoms in total. The van der Waals surface area contributed by atoms with Crippen molar-refractivity contribution in [2.45, 2.75) is 59.2 Å². The van der Waals surface area contributed by atoms with E-state index < -0.39 is 0 Å². The van der Waals surface area contributed by atoms with Crippen molar-refractivity contribution in [3.8, 4) is 0 Å². The number of hydrogen-bond acceptors (Lipinski definition) is 2. The van der Waals surface area contributed by atoms with Gasteiger partial charge in [0.25, 0.3) is 0 Å². The van der Waals surface area contributed by atoms with Crippen LogP contribution in [0, 0.1) is 13.8 Å². The molecule has 0 radical (unpaired) electrons. The van der Waals surface area contributed by atoms with E-state index in [0.29, 0.717) is 0 Å². The number of nitrogens with one attached hydrogen (secondary N) is 2. The van der Waals surface area contributed by atoms with Crippen LogP contribution < -0.4 is 10.6 Å². The van der Waals surface area contributed by atoms with Crippen molar-refractivity contribution in [3.63, 3.8) is 0 Å². The predicted molar refractivity (Wildman–Crippen MR) is 77.1 cm³/mol. The van der Waals surface area contributed by atoms with Crippen molar-refractivity contribution < 1.29 is 4.79 Å². The lowest BCUT2D eigenvalue weighted by Crippen LogP contribution is -2.42. The number of aryl methyl sites for hydroxylation is 1. The highest BCUT2D eigenvalue weighted by molar-refractivity contribution is 5.81. The highest BCUT2D eigenvalue weighted by Gasteiger charge is 2.20. The average Bonchev–Trinajstić information content (AvgIpc) is 2.54. The van der Waals surface area contributed by atoms with Crippen molar-refractivity contribution in [1.29, 1.82) is 0 Å². The quantitative estimate of drug-likeness (QED) is 0.871. The second-order valence-corrected chi connectivity index (χ2v) is 5.36. The van der Waals surface area contributed by atoms with Crippen LogP contribution in [-0.4, -0.2) is 23.1 Å². The van der Waals surface area contributed by atoms with E-state index in [4.69, 9.17) is 0 Å². The Morgan fingerprint density at radius 1 is 1.42 bits per heavy atom. The van der Waals surface area contributed by atoms with Crippen molar-refractivity contribution in [1.82, 2.24) is 15.2 Å². The summed E-state index contributed by atoms with van der Waals surface area (Å²) in [5.74, 6) is 0.154. The summed E-state index contributed by atoms with van der Waals surface area (Å²) in [4.78, 5) is 11.9. The van der Waals surface area contributed by atoms with Crippen molar-refractivity contribution >= 4 is 5.91 Å². The molecule has 1 aliphatic rings. The number of amides is 1. The summed E-state index contributed by atoms with van der Waals surface area (Å²) in [6, 6.07) is 2.19. The number of rotatable bonds is 4. The molecular formula is C15H25N3O. The van der Waals surface area contributed by atoms with Gasteiger partial charge in [-0.3, -0.25) is 4.79 Å². The lowest BCUT2D eigenvalue weighted by molar-refractivity contribution is -0.122. The molecule has 1 fully saturated rings. The van der Waals surface area contributed by atoms with Crippen LogP contribution in [0.3, 0.4) is 0 Å². The van der Waals surface area contributed by atoms with Crippen molar-refractivity contribution in [3.05, 3.63) is 23.0 Å². The zero-order valence-corrected chi connectivity index (χ0v) is 12.3. The lowest BCUT2D eigenvalue weighted by atomic mass is 10.1. The van der Waals surface area contributed by atoms with Crippen LogP contribution in [0.5, 0.6) is 0 Å². The number of hydrogen-bond donors (Lipinski definition) is 2. The van der Waals surface area contributed by atoms with E-state index in [1.54, 1.807) is 0 Å². The summed E-state index contributed by atoms with van der Waals surface area (Å²) in [6.07, 6.45) is 3.15. The molecule has 106 valence electrons. The zero-order chi connectivity index (χ0) is 13.8. The molecule has 1 saturated heterocycles. The highest BCUT2D eigenvalue weighted by Crippen LogP contribution is 2.15. The fraction of sp³-hybridized carbons (Fsp3) is 0.667. The summed E-state index contributed by atoms with van der Waals surface area (Å²) in [5.41, 5.74) is 3.90. The van der Waals surface area contributed by atoms with E-state index in [2.05, 4.69) is 42.0 Å². The molecule has 2 rings (SSSR count). The molecule has 0 aliphatic carbocycles. The molecule has 2 N–H and O–H groups in total. The molecule has 1 aromatic rings. The molecule has 0 bridgehead atoms. The molecule has 0 saturated carbocycles. The fourth-order valence-electron chi connectivity index (χ4n) is 2.91. The molecule has 1 unspecified atom stereocenters. The van der Waals surface area contributed by atoms with Crippen LogP contribution in [0.1, 0.15) is 43.1 Å². The summed E-state index contributed by atoms with van der Waals surface area (Å²) >= 11 is 0.